The van der Waals surface area contributed by atoms with Crippen LogP contribution in [0, 0.1) is 0 Å². The summed E-state index contributed by atoms with van der Waals surface area (Å²) in [7, 11) is -1.92. The van der Waals surface area contributed by atoms with Gasteiger partial charge in [0, 0.05) is 11.1 Å². The van der Waals surface area contributed by atoms with Crippen LogP contribution in [-0.4, -0.2) is 9.97 Å². The van der Waals surface area contributed by atoms with Crippen LogP contribution in [0.3, 0.4) is 0 Å². The second kappa shape index (κ2) is 11.7. The number of hydrogen-bond donors (Lipinski definition) is 0. The largest absolute Gasteiger partial charge is 0.443 e. The summed E-state index contributed by atoms with van der Waals surface area (Å²) in [4.78, 5) is 9.71. The van der Waals surface area contributed by atoms with Gasteiger partial charge in [0.25, 0.3) is 0 Å². The summed E-state index contributed by atoms with van der Waals surface area (Å²) in [6, 6.07) is 51.7. The molecule has 0 amide bonds. The van der Waals surface area contributed by atoms with Crippen LogP contribution in [0.2, 0.25) is 0 Å². The van der Waals surface area contributed by atoms with Crippen molar-refractivity contribution in [2.45, 2.75) is 0 Å². The highest BCUT2D eigenvalue weighted by Gasteiger charge is 2.30. The molecule has 4 nitrogen and oxygen atoms in total. The van der Waals surface area contributed by atoms with E-state index in [1.807, 2.05) is 0 Å². The number of benzene rings is 6. The van der Waals surface area contributed by atoms with Gasteiger partial charge >= 0.3 is 0 Å². The third-order valence-electron chi connectivity index (χ3n) is 7.75. The van der Waals surface area contributed by atoms with Crippen molar-refractivity contribution in [3.8, 4) is 11.1 Å². The van der Waals surface area contributed by atoms with Crippen molar-refractivity contribution in [3.63, 3.8) is 0 Å². The van der Waals surface area contributed by atoms with Crippen molar-refractivity contribution in [1.82, 2.24) is 9.97 Å². The minimum Gasteiger partial charge on any atom is -0.443 e. The molecular formula is C38H26N2O2P2. The maximum Gasteiger partial charge on any atom is 0.182 e. The van der Waals surface area contributed by atoms with Crippen LogP contribution >= 0.6 is 15.8 Å². The van der Waals surface area contributed by atoms with Gasteiger partial charge in [-0.2, -0.15) is 0 Å². The van der Waals surface area contributed by atoms with Gasteiger partial charge in [0.2, 0.25) is 0 Å². The third-order valence-corrected chi connectivity index (χ3v) is 12.7. The number of hydrogen-bond acceptors (Lipinski definition) is 4. The molecule has 0 aliphatic heterocycles. The normalized spacial score (nSPS) is 11.6. The first-order valence-electron chi connectivity index (χ1n) is 14.4. The molecule has 0 aliphatic rings. The van der Waals surface area contributed by atoms with Gasteiger partial charge in [-0.1, -0.05) is 121 Å². The zero-order valence-electron chi connectivity index (χ0n) is 23.6. The fourth-order valence-electron chi connectivity index (χ4n) is 5.87. The Kier molecular flexibility index (Phi) is 7.08. The zero-order chi connectivity index (χ0) is 29.3. The van der Waals surface area contributed by atoms with Gasteiger partial charge in [-0.25, -0.2) is 9.97 Å². The van der Waals surface area contributed by atoms with E-state index < -0.39 is 15.8 Å². The Labute approximate surface area is 257 Å². The van der Waals surface area contributed by atoms with E-state index in [2.05, 4.69) is 146 Å². The lowest BCUT2D eigenvalue weighted by Crippen LogP contribution is -2.26. The lowest BCUT2D eigenvalue weighted by molar-refractivity contribution is 0.602. The molecule has 0 N–H and O–H groups in total. The molecule has 0 saturated carbocycles. The summed E-state index contributed by atoms with van der Waals surface area (Å²) in [5.41, 5.74) is 5.24. The molecule has 0 aliphatic carbocycles. The fourth-order valence-corrected chi connectivity index (χ4v) is 10.8. The first-order valence-corrected chi connectivity index (χ1v) is 17.1. The first kappa shape index (κ1) is 26.7. The molecule has 8 aromatic rings. The van der Waals surface area contributed by atoms with E-state index >= 15 is 0 Å². The molecule has 210 valence electrons. The Hall–Kier alpha value is -4.88. The molecule has 0 spiro atoms. The molecule has 44 heavy (non-hydrogen) atoms. The van der Waals surface area contributed by atoms with Gasteiger partial charge in [0.05, 0.1) is 0 Å². The SMILES string of the molecule is c1ccc(P(c2ccccc2)c2ccc3ocnc3c2-c2c(P(c3ccccc3)c3ccccc3)ccc3ocnc23)cc1. The average molecular weight is 605 g/mol. The molecule has 0 atom stereocenters. The van der Waals surface area contributed by atoms with Crippen LogP contribution in [0.5, 0.6) is 0 Å². The molecule has 0 saturated heterocycles. The van der Waals surface area contributed by atoms with E-state index in [4.69, 9.17) is 18.8 Å². The Balaban J connectivity index is 1.50. The van der Waals surface area contributed by atoms with Crippen molar-refractivity contribution in [2.24, 2.45) is 0 Å². The summed E-state index contributed by atoms with van der Waals surface area (Å²) in [6.07, 6.45) is 3.09. The van der Waals surface area contributed by atoms with E-state index in [0.29, 0.717) is 0 Å². The maximum atomic E-state index is 5.95. The van der Waals surface area contributed by atoms with Crippen molar-refractivity contribution in [1.29, 1.82) is 0 Å². The molecule has 0 unspecified atom stereocenters. The molecule has 6 heteroatoms. The summed E-state index contributed by atoms with van der Waals surface area (Å²) < 4.78 is 11.9. The number of nitrogens with zero attached hydrogens (tertiary/aromatic N) is 2. The molecule has 8 rings (SSSR count). The molecule has 0 bridgehead atoms. The predicted molar refractivity (Wildman–Crippen MR) is 184 cm³/mol. The predicted octanol–water partition coefficient (Wildman–Crippen LogP) is 7.15. The number of aromatic nitrogens is 2. The van der Waals surface area contributed by atoms with Gasteiger partial charge in [0.15, 0.2) is 24.0 Å². The van der Waals surface area contributed by atoms with Crippen LogP contribution in [0.4, 0.5) is 0 Å². The van der Waals surface area contributed by atoms with Gasteiger partial charge in [-0.15, -0.1) is 0 Å². The summed E-state index contributed by atoms with van der Waals surface area (Å²) in [5.74, 6) is 0. The zero-order valence-corrected chi connectivity index (χ0v) is 25.4. The third kappa shape index (κ3) is 4.74. The topological polar surface area (TPSA) is 52.1 Å². The van der Waals surface area contributed by atoms with Crippen molar-refractivity contribution < 1.29 is 8.83 Å². The van der Waals surface area contributed by atoms with E-state index in [0.717, 1.165) is 33.3 Å². The second-order valence-electron chi connectivity index (χ2n) is 10.3. The number of fused-ring (bicyclic) bond motifs is 2. The number of rotatable bonds is 7. The van der Waals surface area contributed by atoms with Crippen LogP contribution in [0.1, 0.15) is 0 Å². The molecule has 6 aromatic carbocycles. The monoisotopic (exact) mass is 604 g/mol. The van der Waals surface area contributed by atoms with Crippen LogP contribution in [0.15, 0.2) is 167 Å². The van der Waals surface area contributed by atoms with Gasteiger partial charge in [0.1, 0.15) is 11.0 Å². The minimum atomic E-state index is -0.959. The van der Waals surface area contributed by atoms with E-state index in [9.17, 15) is 0 Å². The standard InChI is InChI=1S/C38H26N2O2P2/c1-5-13-27(14-6-1)43(28-15-7-2-8-16-28)33-23-21-31-37(39-25-41-31)35(33)36-34(24-22-32-38(36)40-26-42-32)44(29-17-9-3-10-18-29)30-19-11-4-12-20-30/h1-26H. The Morgan fingerprint density at radius 2 is 0.682 bits per heavy atom. The Morgan fingerprint density at radius 3 is 1.00 bits per heavy atom. The minimum absolute atomic E-state index is 0.745. The van der Waals surface area contributed by atoms with E-state index in [-0.39, 0.29) is 0 Å². The average Bonchev–Trinajstić information content (AvgIpc) is 3.77. The van der Waals surface area contributed by atoms with Crippen molar-refractivity contribution in [2.75, 3.05) is 0 Å². The van der Waals surface area contributed by atoms with E-state index in [1.165, 1.54) is 31.8 Å². The second-order valence-corrected chi connectivity index (χ2v) is 14.7. The lowest BCUT2D eigenvalue weighted by atomic mass is 10.0. The Morgan fingerprint density at radius 1 is 0.364 bits per heavy atom. The van der Waals surface area contributed by atoms with Crippen molar-refractivity contribution >= 4 is 69.9 Å². The number of oxazole rings is 2. The first-order chi connectivity index (χ1) is 21.9. The lowest BCUT2D eigenvalue weighted by Gasteiger charge is -2.26. The highest BCUT2D eigenvalue weighted by atomic mass is 31.1. The van der Waals surface area contributed by atoms with Gasteiger partial charge < -0.3 is 8.83 Å². The van der Waals surface area contributed by atoms with Crippen LogP contribution in [-0.2, 0) is 0 Å². The van der Waals surface area contributed by atoms with Crippen molar-refractivity contribution in [3.05, 3.63) is 158 Å². The highest BCUT2D eigenvalue weighted by Crippen LogP contribution is 2.45. The smallest absolute Gasteiger partial charge is 0.182 e. The molecule has 2 heterocycles. The van der Waals surface area contributed by atoms with Gasteiger partial charge in [-0.05, 0) is 71.9 Å². The summed E-state index contributed by atoms with van der Waals surface area (Å²) in [6.45, 7) is 0. The fraction of sp³-hybridized carbons (Fsp3) is 0. The van der Waals surface area contributed by atoms with Crippen LogP contribution < -0.4 is 31.8 Å². The van der Waals surface area contributed by atoms with Crippen LogP contribution in [0.25, 0.3) is 33.3 Å². The molecule has 0 radical (unpaired) electrons. The maximum absolute atomic E-state index is 5.95. The molecule has 0 fully saturated rings. The summed E-state index contributed by atoms with van der Waals surface area (Å²) >= 11 is 0. The summed E-state index contributed by atoms with van der Waals surface area (Å²) in [5, 5.41) is 7.46. The molecular weight excluding hydrogens is 578 g/mol. The molecule has 2 aromatic heterocycles. The van der Waals surface area contributed by atoms with E-state index in [1.54, 1.807) is 12.8 Å². The quantitative estimate of drug-likeness (QED) is 0.181. The van der Waals surface area contributed by atoms with Gasteiger partial charge in [-0.3, -0.25) is 0 Å². The Bertz CT molecular complexity index is 1940. The highest BCUT2D eigenvalue weighted by molar-refractivity contribution is 7.80.